The molecule has 1 aliphatic heterocycles. The summed E-state index contributed by atoms with van der Waals surface area (Å²) in [6, 6.07) is 6.88. The Labute approximate surface area is 187 Å². The van der Waals surface area contributed by atoms with Crippen molar-refractivity contribution in [1.29, 1.82) is 0 Å². The molecule has 0 bridgehead atoms. The lowest BCUT2D eigenvalue weighted by Crippen LogP contribution is -2.64. The van der Waals surface area contributed by atoms with Gasteiger partial charge in [0.05, 0.1) is 11.4 Å². The number of thioether (sulfide) groups is 1. The SMILES string of the molecule is CS[C@H]1OC([C@@H](NC(=O)c2ccccc2C2CCCCC2)[C@H](C)Cl)[C@H](O)[C@H](O)[C@H]1O. The van der Waals surface area contributed by atoms with Crippen LogP contribution in [0.1, 0.15) is 60.9 Å². The largest absolute Gasteiger partial charge is 0.388 e. The van der Waals surface area contributed by atoms with E-state index in [2.05, 4.69) is 5.32 Å². The van der Waals surface area contributed by atoms with Crippen molar-refractivity contribution in [3.05, 3.63) is 35.4 Å². The standard InChI is InChI=1S/C22H32ClNO5S/c1-12(23)16(20-18(26)17(25)19(27)22(29-20)30-2)24-21(28)15-11-7-6-10-14(15)13-8-4-3-5-9-13/h6-7,10-13,16-20,22,25-27H,3-5,8-9H2,1-2H3,(H,24,28)/t12-,16-,17-,18+,19+,20?,22+/m0/s1. The van der Waals surface area contributed by atoms with Gasteiger partial charge in [0, 0.05) is 5.56 Å². The van der Waals surface area contributed by atoms with Crippen molar-refractivity contribution in [2.45, 2.75) is 86.2 Å². The van der Waals surface area contributed by atoms with E-state index in [9.17, 15) is 20.1 Å². The first-order chi connectivity index (χ1) is 14.3. The Kier molecular flexibility index (Phi) is 8.46. The fourth-order valence-corrected chi connectivity index (χ4v) is 5.41. The first-order valence-corrected chi connectivity index (χ1v) is 12.3. The highest BCUT2D eigenvalue weighted by Crippen LogP contribution is 2.35. The summed E-state index contributed by atoms with van der Waals surface area (Å²) in [7, 11) is 0. The van der Waals surface area contributed by atoms with Crippen LogP contribution in [-0.4, -0.2) is 68.8 Å². The normalized spacial score (nSPS) is 32.4. The van der Waals surface area contributed by atoms with Gasteiger partial charge in [0.1, 0.15) is 29.9 Å². The van der Waals surface area contributed by atoms with Crippen LogP contribution in [0.2, 0.25) is 0 Å². The van der Waals surface area contributed by atoms with Crippen molar-refractivity contribution in [2.24, 2.45) is 0 Å². The number of hydrogen-bond donors (Lipinski definition) is 4. The zero-order valence-electron chi connectivity index (χ0n) is 17.4. The quantitative estimate of drug-likeness (QED) is 0.490. The molecular weight excluding hydrogens is 426 g/mol. The first-order valence-electron chi connectivity index (χ1n) is 10.6. The summed E-state index contributed by atoms with van der Waals surface area (Å²) in [4.78, 5) is 13.2. The highest BCUT2D eigenvalue weighted by Gasteiger charge is 2.47. The molecule has 1 heterocycles. The van der Waals surface area contributed by atoms with E-state index in [0.29, 0.717) is 11.5 Å². The van der Waals surface area contributed by atoms with Gasteiger partial charge in [-0.25, -0.2) is 0 Å². The van der Waals surface area contributed by atoms with Gasteiger partial charge in [-0.05, 0) is 43.6 Å². The number of aliphatic hydroxyl groups excluding tert-OH is 3. The molecular formula is C22H32ClNO5S. The maximum atomic E-state index is 13.2. The van der Waals surface area contributed by atoms with Crippen molar-refractivity contribution < 1.29 is 24.9 Å². The minimum absolute atomic E-state index is 0.272. The molecule has 1 aromatic carbocycles. The number of hydrogen-bond acceptors (Lipinski definition) is 6. The summed E-state index contributed by atoms with van der Waals surface area (Å²) in [5.74, 6) is 0.0905. The zero-order chi connectivity index (χ0) is 21.8. The Balaban J connectivity index is 1.81. The fraction of sp³-hybridized carbons (Fsp3) is 0.682. The predicted octanol–water partition coefficient (Wildman–Crippen LogP) is 2.63. The van der Waals surface area contributed by atoms with Gasteiger partial charge in [0.2, 0.25) is 0 Å². The van der Waals surface area contributed by atoms with Gasteiger partial charge in [0.25, 0.3) is 5.91 Å². The lowest BCUT2D eigenvalue weighted by molar-refractivity contribution is -0.204. The van der Waals surface area contributed by atoms with E-state index in [1.54, 1.807) is 13.2 Å². The van der Waals surface area contributed by atoms with Crippen molar-refractivity contribution in [1.82, 2.24) is 5.32 Å². The van der Waals surface area contributed by atoms with Crippen LogP contribution in [0, 0.1) is 0 Å². The maximum absolute atomic E-state index is 13.2. The topological polar surface area (TPSA) is 99.0 Å². The lowest BCUT2D eigenvalue weighted by Gasteiger charge is -2.43. The highest BCUT2D eigenvalue weighted by molar-refractivity contribution is 7.99. The molecule has 2 aliphatic rings. The van der Waals surface area contributed by atoms with Gasteiger partial charge in [-0.3, -0.25) is 4.79 Å². The van der Waals surface area contributed by atoms with Gasteiger partial charge < -0.3 is 25.4 Å². The molecule has 3 rings (SSSR count). The average Bonchev–Trinajstić information content (AvgIpc) is 2.77. The van der Waals surface area contributed by atoms with Gasteiger partial charge >= 0.3 is 0 Å². The first kappa shape index (κ1) is 23.8. The molecule has 1 aliphatic carbocycles. The molecule has 2 fully saturated rings. The number of benzene rings is 1. The second-order valence-corrected chi connectivity index (χ2v) is 9.90. The molecule has 0 aromatic heterocycles. The smallest absolute Gasteiger partial charge is 0.251 e. The highest BCUT2D eigenvalue weighted by atomic mass is 35.5. The second-order valence-electron chi connectivity index (χ2n) is 8.28. The molecule has 4 N–H and O–H groups in total. The van der Waals surface area contributed by atoms with Crippen molar-refractivity contribution >= 4 is 29.3 Å². The third-order valence-electron chi connectivity index (χ3n) is 6.24. The van der Waals surface area contributed by atoms with Crippen LogP contribution < -0.4 is 5.32 Å². The van der Waals surface area contributed by atoms with Gasteiger partial charge in [0.15, 0.2) is 0 Å². The molecule has 0 radical (unpaired) electrons. The minimum Gasteiger partial charge on any atom is -0.388 e. The molecule has 1 saturated carbocycles. The van der Waals surface area contributed by atoms with Gasteiger partial charge in [-0.2, -0.15) is 0 Å². The third-order valence-corrected chi connectivity index (χ3v) is 7.36. The van der Waals surface area contributed by atoms with Crippen LogP contribution in [0.5, 0.6) is 0 Å². The summed E-state index contributed by atoms with van der Waals surface area (Å²) in [6.45, 7) is 1.71. The van der Waals surface area contributed by atoms with Crippen molar-refractivity contribution in [3.63, 3.8) is 0 Å². The van der Waals surface area contributed by atoms with E-state index in [1.807, 2.05) is 24.3 Å². The number of carbonyl (C=O) groups excluding carboxylic acids is 1. The van der Waals surface area contributed by atoms with E-state index >= 15 is 0 Å². The van der Waals surface area contributed by atoms with Crippen LogP contribution in [0.15, 0.2) is 24.3 Å². The summed E-state index contributed by atoms with van der Waals surface area (Å²) >= 11 is 7.61. The number of carbonyl (C=O) groups is 1. The average molecular weight is 458 g/mol. The van der Waals surface area contributed by atoms with E-state index in [0.717, 1.165) is 18.4 Å². The number of ether oxygens (including phenoxy) is 1. The molecule has 1 unspecified atom stereocenters. The Morgan fingerprint density at radius 1 is 1.13 bits per heavy atom. The molecule has 1 aromatic rings. The van der Waals surface area contributed by atoms with Crippen molar-refractivity contribution in [2.75, 3.05) is 6.26 Å². The Morgan fingerprint density at radius 2 is 1.80 bits per heavy atom. The molecule has 8 heteroatoms. The van der Waals surface area contributed by atoms with Crippen LogP contribution in [-0.2, 0) is 4.74 Å². The molecule has 7 atom stereocenters. The Bertz CT molecular complexity index is 713. The van der Waals surface area contributed by atoms with Crippen LogP contribution in [0.4, 0.5) is 0 Å². The van der Waals surface area contributed by atoms with Crippen LogP contribution in [0.25, 0.3) is 0 Å². The van der Waals surface area contributed by atoms with E-state index in [4.69, 9.17) is 16.3 Å². The summed E-state index contributed by atoms with van der Waals surface area (Å²) < 4.78 is 5.84. The van der Waals surface area contributed by atoms with Crippen molar-refractivity contribution in [3.8, 4) is 0 Å². The monoisotopic (exact) mass is 457 g/mol. The lowest BCUT2D eigenvalue weighted by atomic mass is 9.82. The van der Waals surface area contributed by atoms with E-state index in [-0.39, 0.29) is 5.91 Å². The predicted molar refractivity (Wildman–Crippen MR) is 119 cm³/mol. The fourth-order valence-electron chi connectivity index (χ4n) is 4.53. The third kappa shape index (κ3) is 5.14. The Hall–Kier alpha value is -0.830. The molecule has 1 amide bonds. The molecule has 30 heavy (non-hydrogen) atoms. The van der Waals surface area contributed by atoms with Crippen LogP contribution >= 0.6 is 23.4 Å². The van der Waals surface area contributed by atoms with E-state index in [1.165, 1.54) is 31.0 Å². The van der Waals surface area contributed by atoms with E-state index < -0.39 is 41.3 Å². The molecule has 168 valence electrons. The second kappa shape index (κ2) is 10.7. The summed E-state index contributed by atoms with van der Waals surface area (Å²) in [5, 5.41) is 33.3. The number of halogens is 1. The molecule has 0 spiro atoms. The molecule has 1 saturated heterocycles. The van der Waals surface area contributed by atoms with Crippen LogP contribution in [0.3, 0.4) is 0 Å². The maximum Gasteiger partial charge on any atom is 0.251 e. The number of nitrogens with one attached hydrogen (secondary N) is 1. The number of rotatable bonds is 6. The summed E-state index contributed by atoms with van der Waals surface area (Å²) in [6.07, 6.45) is 2.54. The zero-order valence-corrected chi connectivity index (χ0v) is 19.0. The number of amides is 1. The number of aliphatic hydroxyl groups is 3. The summed E-state index contributed by atoms with van der Waals surface area (Å²) in [5.41, 5.74) is 0.926. The van der Waals surface area contributed by atoms with Gasteiger partial charge in [-0.1, -0.05) is 37.5 Å². The minimum atomic E-state index is -1.38. The van der Waals surface area contributed by atoms with Gasteiger partial charge in [-0.15, -0.1) is 23.4 Å². The molecule has 6 nitrogen and oxygen atoms in total. The number of alkyl halides is 1. The Morgan fingerprint density at radius 3 is 2.43 bits per heavy atom.